The molecule has 2 aromatic heterocycles. The minimum absolute atomic E-state index is 0.129. The zero-order valence-electron chi connectivity index (χ0n) is 15.2. The highest BCUT2D eigenvalue weighted by Crippen LogP contribution is 2.22. The molecule has 1 saturated heterocycles. The Kier molecular flexibility index (Phi) is 4.57. The number of thiazole rings is 1. The van der Waals surface area contributed by atoms with Gasteiger partial charge in [0.05, 0.1) is 7.11 Å². The summed E-state index contributed by atoms with van der Waals surface area (Å²) in [5.74, 6) is 0.558. The molecule has 1 amide bonds. The molecule has 8 heteroatoms. The van der Waals surface area contributed by atoms with Crippen LogP contribution in [-0.4, -0.2) is 53.5 Å². The van der Waals surface area contributed by atoms with E-state index in [0.29, 0.717) is 31.1 Å². The van der Waals surface area contributed by atoms with Crippen molar-refractivity contribution < 1.29 is 9.53 Å². The van der Waals surface area contributed by atoms with Gasteiger partial charge in [-0.25, -0.2) is 4.98 Å². The third-order valence-corrected chi connectivity index (χ3v) is 5.79. The van der Waals surface area contributed by atoms with Crippen molar-refractivity contribution in [2.24, 2.45) is 0 Å². The van der Waals surface area contributed by atoms with E-state index in [1.807, 2.05) is 36.6 Å². The normalized spacial score (nSPS) is 14.6. The molecule has 0 bridgehead atoms. The van der Waals surface area contributed by atoms with Gasteiger partial charge < -0.3 is 14.5 Å². The van der Waals surface area contributed by atoms with Gasteiger partial charge in [0.25, 0.3) is 11.5 Å². The van der Waals surface area contributed by atoms with Crippen molar-refractivity contribution >= 4 is 27.9 Å². The van der Waals surface area contributed by atoms with Crippen LogP contribution in [0.2, 0.25) is 0 Å². The number of amides is 1. The van der Waals surface area contributed by atoms with Crippen LogP contribution in [0.5, 0.6) is 5.75 Å². The summed E-state index contributed by atoms with van der Waals surface area (Å²) in [6.45, 7) is 4.36. The standard InChI is InChI=1S/C19H20N4O3S/c1-13-12-27-19-20-11-16(18(25)23(13)19)17(24)22-8-6-21(7-9-22)14-4-3-5-15(10-14)26-2/h3-5,10-12H,6-9H2,1-2H3. The maximum absolute atomic E-state index is 12.9. The second-order valence-electron chi connectivity index (χ2n) is 6.45. The van der Waals surface area contributed by atoms with Gasteiger partial charge in [-0.05, 0) is 19.1 Å². The Hall–Kier alpha value is -2.87. The zero-order valence-corrected chi connectivity index (χ0v) is 16.0. The summed E-state index contributed by atoms with van der Waals surface area (Å²) in [5, 5.41) is 1.87. The number of nitrogens with zero attached hydrogens (tertiary/aromatic N) is 4. The number of fused-ring (bicyclic) bond motifs is 1. The van der Waals surface area contributed by atoms with Gasteiger partial charge in [0, 0.05) is 55.2 Å². The Balaban J connectivity index is 1.51. The molecule has 1 fully saturated rings. The Morgan fingerprint density at radius 2 is 2.00 bits per heavy atom. The van der Waals surface area contributed by atoms with E-state index in [1.165, 1.54) is 21.9 Å². The minimum Gasteiger partial charge on any atom is -0.497 e. The lowest BCUT2D eigenvalue weighted by molar-refractivity contribution is 0.0744. The van der Waals surface area contributed by atoms with E-state index >= 15 is 0 Å². The molecule has 1 aliphatic rings. The van der Waals surface area contributed by atoms with Gasteiger partial charge in [-0.3, -0.25) is 14.0 Å². The van der Waals surface area contributed by atoms with E-state index in [0.717, 1.165) is 17.1 Å². The van der Waals surface area contributed by atoms with Gasteiger partial charge in [0.15, 0.2) is 4.96 Å². The Morgan fingerprint density at radius 3 is 2.74 bits per heavy atom. The molecule has 3 heterocycles. The van der Waals surface area contributed by atoms with Crippen LogP contribution >= 0.6 is 11.3 Å². The fourth-order valence-corrected chi connectivity index (χ4v) is 4.14. The molecule has 140 valence electrons. The highest BCUT2D eigenvalue weighted by molar-refractivity contribution is 7.15. The first-order valence-corrected chi connectivity index (χ1v) is 9.60. The van der Waals surface area contributed by atoms with Crippen LogP contribution in [0.1, 0.15) is 16.1 Å². The zero-order chi connectivity index (χ0) is 19.0. The molecule has 0 N–H and O–H groups in total. The molecular formula is C19H20N4O3S. The SMILES string of the molecule is COc1cccc(N2CCN(C(=O)c3cnc4scc(C)n4c3=O)CC2)c1. The molecule has 0 atom stereocenters. The predicted molar refractivity (Wildman–Crippen MR) is 105 cm³/mol. The number of carbonyl (C=O) groups is 1. The van der Waals surface area contributed by atoms with E-state index in [-0.39, 0.29) is 17.0 Å². The van der Waals surface area contributed by atoms with Crippen LogP contribution in [0.3, 0.4) is 0 Å². The van der Waals surface area contributed by atoms with Crippen molar-refractivity contribution in [2.75, 3.05) is 38.2 Å². The molecule has 1 aliphatic heterocycles. The molecular weight excluding hydrogens is 364 g/mol. The van der Waals surface area contributed by atoms with Gasteiger partial charge in [0.1, 0.15) is 11.3 Å². The number of rotatable bonds is 3. The second-order valence-corrected chi connectivity index (χ2v) is 7.29. The Labute approximate surface area is 160 Å². The fourth-order valence-electron chi connectivity index (χ4n) is 3.32. The number of piperazine rings is 1. The summed E-state index contributed by atoms with van der Waals surface area (Å²) in [4.78, 5) is 34.4. The van der Waals surface area contributed by atoms with Crippen LogP contribution in [0, 0.1) is 6.92 Å². The van der Waals surface area contributed by atoms with Crippen molar-refractivity contribution in [1.29, 1.82) is 0 Å². The van der Waals surface area contributed by atoms with Crippen LogP contribution in [-0.2, 0) is 0 Å². The molecule has 3 aromatic rings. The van der Waals surface area contributed by atoms with Gasteiger partial charge in [-0.15, -0.1) is 11.3 Å². The van der Waals surface area contributed by atoms with Gasteiger partial charge in [0.2, 0.25) is 0 Å². The van der Waals surface area contributed by atoms with Crippen LogP contribution in [0.15, 0.2) is 40.6 Å². The molecule has 0 unspecified atom stereocenters. The molecule has 0 spiro atoms. The predicted octanol–water partition coefficient (Wildman–Crippen LogP) is 2.04. The van der Waals surface area contributed by atoms with Gasteiger partial charge in [-0.2, -0.15) is 0 Å². The number of benzene rings is 1. The monoisotopic (exact) mass is 384 g/mol. The Morgan fingerprint density at radius 1 is 1.22 bits per heavy atom. The van der Waals surface area contributed by atoms with Crippen molar-refractivity contribution in [3.63, 3.8) is 0 Å². The van der Waals surface area contributed by atoms with Crippen LogP contribution in [0.25, 0.3) is 4.96 Å². The second kappa shape index (κ2) is 7.03. The van der Waals surface area contributed by atoms with Crippen molar-refractivity contribution in [1.82, 2.24) is 14.3 Å². The maximum Gasteiger partial charge on any atom is 0.271 e. The third kappa shape index (κ3) is 3.16. The first-order chi connectivity index (χ1) is 13.1. The molecule has 1 aromatic carbocycles. The van der Waals surface area contributed by atoms with Gasteiger partial charge in [-0.1, -0.05) is 6.07 Å². The van der Waals surface area contributed by atoms with E-state index in [4.69, 9.17) is 4.74 Å². The van der Waals surface area contributed by atoms with Crippen LogP contribution in [0.4, 0.5) is 5.69 Å². The number of methoxy groups -OCH3 is 1. The quantitative estimate of drug-likeness (QED) is 0.691. The van der Waals surface area contributed by atoms with E-state index in [2.05, 4.69) is 9.88 Å². The van der Waals surface area contributed by atoms with Crippen molar-refractivity contribution in [3.05, 3.63) is 57.5 Å². The van der Waals surface area contributed by atoms with Crippen molar-refractivity contribution in [2.45, 2.75) is 6.92 Å². The number of hydrogen-bond donors (Lipinski definition) is 0. The third-order valence-electron chi connectivity index (χ3n) is 4.83. The number of aromatic nitrogens is 2. The van der Waals surface area contributed by atoms with Crippen LogP contribution < -0.4 is 15.2 Å². The fraction of sp³-hybridized carbons (Fsp3) is 0.316. The Bertz CT molecular complexity index is 1050. The van der Waals surface area contributed by atoms with Crippen molar-refractivity contribution in [3.8, 4) is 5.75 Å². The number of carbonyl (C=O) groups excluding carboxylic acids is 1. The lowest BCUT2D eigenvalue weighted by atomic mass is 10.2. The summed E-state index contributed by atoms with van der Waals surface area (Å²) >= 11 is 1.40. The summed E-state index contributed by atoms with van der Waals surface area (Å²) in [6.07, 6.45) is 1.41. The summed E-state index contributed by atoms with van der Waals surface area (Å²) in [5.41, 5.74) is 1.70. The first kappa shape index (κ1) is 17.5. The summed E-state index contributed by atoms with van der Waals surface area (Å²) in [6, 6.07) is 7.88. The topological polar surface area (TPSA) is 67.2 Å². The number of aryl methyl sites for hydroxylation is 1. The molecule has 0 aliphatic carbocycles. The lowest BCUT2D eigenvalue weighted by Crippen LogP contribution is -2.49. The molecule has 7 nitrogen and oxygen atoms in total. The molecule has 0 saturated carbocycles. The molecule has 4 rings (SSSR count). The van der Waals surface area contributed by atoms with Gasteiger partial charge >= 0.3 is 0 Å². The summed E-state index contributed by atoms with van der Waals surface area (Å²) in [7, 11) is 1.65. The number of anilines is 1. The largest absolute Gasteiger partial charge is 0.497 e. The molecule has 0 radical (unpaired) electrons. The average molecular weight is 384 g/mol. The van der Waals surface area contributed by atoms with E-state index in [1.54, 1.807) is 12.0 Å². The average Bonchev–Trinajstić information content (AvgIpc) is 3.09. The number of hydrogen-bond acceptors (Lipinski definition) is 6. The van der Waals surface area contributed by atoms with E-state index in [9.17, 15) is 9.59 Å². The summed E-state index contributed by atoms with van der Waals surface area (Å²) < 4.78 is 6.78. The number of ether oxygens (including phenoxy) is 1. The lowest BCUT2D eigenvalue weighted by Gasteiger charge is -2.36. The first-order valence-electron chi connectivity index (χ1n) is 8.72. The smallest absolute Gasteiger partial charge is 0.271 e. The minimum atomic E-state index is -0.293. The maximum atomic E-state index is 12.9. The van der Waals surface area contributed by atoms with E-state index < -0.39 is 0 Å². The highest BCUT2D eigenvalue weighted by Gasteiger charge is 2.25. The highest BCUT2D eigenvalue weighted by atomic mass is 32.1. The molecule has 27 heavy (non-hydrogen) atoms.